The molecule has 1 amide bonds. The van der Waals surface area contributed by atoms with E-state index >= 15 is 0 Å². The maximum absolute atomic E-state index is 12.9. The first-order valence-corrected chi connectivity index (χ1v) is 10.9. The van der Waals surface area contributed by atoms with Gasteiger partial charge in [0.25, 0.3) is 5.91 Å². The third-order valence-electron chi connectivity index (χ3n) is 6.06. The Bertz CT molecular complexity index is 859. The summed E-state index contributed by atoms with van der Waals surface area (Å²) in [6.45, 7) is 5.63. The average molecular weight is 482 g/mol. The number of halogens is 2. The molecule has 4 rings (SSSR count). The van der Waals surface area contributed by atoms with E-state index in [0.29, 0.717) is 35.8 Å². The molecule has 0 radical (unpaired) electrons. The molecule has 0 unspecified atom stereocenters. The average Bonchev–Trinajstić information content (AvgIpc) is 3.45. The van der Waals surface area contributed by atoms with E-state index in [9.17, 15) is 9.90 Å². The van der Waals surface area contributed by atoms with E-state index in [-0.39, 0.29) is 30.7 Å². The molecule has 2 saturated heterocycles. The lowest BCUT2D eigenvalue weighted by Gasteiger charge is -2.21. The van der Waals surface area contributed by atoms with Crippen LogP contribution in [0.1, 0.15) is 47.2 Å². The fraction of sp³-hybridized carbons (Fsp3) is 0.458. The standard InChI is InChI=1S/C24H31N3O3.2ClH/c1-30-22-9-3-2-8-21(22)24(29)25-20-14-18(16-26-10-4-5-11-26)23(28)19(15-20)17-27-12-6-7-13-27;;/h2-3,8-9,14-15,28H,4-7,10-13,16-17H2,1H3,(H,25,29);2*1H. The first kappa shape index (κ1) is 26.3. The number of carbonyl (C=O) groups excluding carboxylic acids is 1. The van der Waals surface area contributed by atoms with Gasteiger partial charge in [-0.2, -0.15) is 0 Å². The summed E-state index contributed by atoms with van der Waals surface area (Å²) in [6, 6.07) is 11.0. The van der Waals surface area contributed by atoms with Crippen LogP contribution in [0.5, 0.6) is 11.5 Å². The number of hydrogen-bond acceptors (Lipinski definition) is 5. The molecule has 0 atom stereocenters. The van der Waals surface area contributed by atoms with Gasteiger partial charge in [0.15, 0.2) is 0 Å². The number of amides is 1. The number of nitrogens with zero attached hydrogens (tertiary/aromatic N) is 2. The van der Waals surface area contributed by atoms with E-state index in [0.717, 1.165) is 37.3 Å². The van der Waals surface area contributed by atoms with Crippen molar-refractivity contribution in [1.82, 2.24) is 9.80 Å². The lowest BCUT2D eigenvalue weighted by molar-refractivity contribution is 0.102. The molecular formula is C24H33Cl2N3O3. The van der Waals surface area contributed by atoms with E-state index in [1.54, 1.807) is 19.2 Å². The lowest BCUT2D eigenvalue weighted by atomic mass is 10.1. The number of phenolic OH excluding ortho intramolecular Hbond substituents is 1. The largest absolute Gasteiger partial charge is 0.507 e. The van der Waals surface area contributed by atoms with Gasteiger partial charge in [-0.1, -0.05) is 12.1 Å². The highest BCUT2D eigenvalue weighted by Gasteiger charge is 2.20. The Kier molecular flexibility index (Phi) is 10.1. The second kappa shape index (κ2) is 12.3. The van der Waals surface area contributed by atoms with Crippen LogP contribution in [0.25, 0.3) is 0 Å². The van der Waals surface area contributed by atoms with Crippen molar-refractivity contribution in [3.8, 4) is 11.5 Å². The minimum Gasteiger partial charge on any atom is -0.507 e. The van der Waals surface area contributed by atoms with Gasteiger partial charge in [0, 0.05) is 29.9 Å². The molecule has 2 fully saturated rings. The number of anilines is 1. The first-order chi connectivity index (χ1) is 14.6. The number of likely N-dealkylation sites (tertiary alicyclic amines) is 2. The molecule has 0 spiro atoms. The highest BCUT2D eigenvalue weighted by Crippen LogP contribution is 2.31. The summed E-state index contributed by atoms with van der Waals surface area (Å²) in [7, 11) is 1.56. The molecule has 176 valence electrons. The molecular weight excluding hydrogens is 449 g/mol. The number of carbonyl (C=O) groups is 1. The van der Waals surface area contributed by atoms with Crippen LogP contribution in [0.3, 0.4) is 0 Å². The highest BCUT2D eigenvalue weighted by atomic mass is 35.5. The molecule has 2 N–H and O–H groups in total. The molecule has 2 aromatic rings. The highest BCUT2D eigenvalue weighted by molar-refractivity contribution is 6.06. The normalized spacial score (nSPS) is 16.3. The van der Waals surface area contributed by atoms with Crippen molar-refractivity contribution < 1.29 is 14.6 Å². The van der Waals surface area contributed by atoms with Crippen LogP contribution in [0.4, 0.5) is 5.69 Å². The van der Waals surface area contributed by atoms with Crippen molar-refractivity contribution in [3.63, 3.8) is 0 Å². The molecule has 2 aromatic carbocycles. The maximum atomic E-state index is 12.9. The first-order valence-electron chi connectivity index (χ1n) is 10.9. The van der Waals surface area contributed by atoms with Crippen LogP contribution < -0.4 is 10.1 Å². The van der Waals surface area contributed by atoms with Gasteiger partial charge in [0.1, 0.15) is 11.5 Å². The molecule has 2 aliphatic heterocycles. The second-order valence-corrected chi connectivity index (χ2v) is 8.26. The van der Waals surface area contributed by atoms with E-state index in [1.165, 1.54) is 25.7 Å². The summed E-state index contributed by atoms with van der Waals surface area (Å²) in [5, 5.41) is 14.0. The lowest BCUT2D eigenvalue weighted by Crippen LogP contribution is -2.21. The summed E-state index contributed by atoms with van der Waals surface area (Å²) >= 11 is 0. The maximum Gasteiger partial charge on any atom is 0.259 e. The number of ether oxygens (including phenoxy) is 1. The predicted octanol–water partition coefficient (Wildman–Crippen LogP) is 4.69. The third-order valence-corrected chi connectivity index (χ3v) is 6.06. The van der Waals surface area contributed by atoms with Gasteiger partial charge in [0.2, 0.25) is 0 Å². The Balaban J connectivity index is 0.00000181. The van der Waals surface area contributed by atoms with Crippen LogP contribution in [-0.4, -0.2) is 54.1 Å². The number of methoxy groups -OCH3 is 1. The number of aromatic hydroxyl groups is 1. The summed E-state index contributed by atoms with van der Waals surface area (Å²) in [4.78, 5) is 17.6. The number of hydrogen-bond donors (Lipinski definition) is 2. The minimum atomic E-state index is -0.211. The number of phenols is 1. The molecule has 0 saturated carbocycles. The summed E-state index contributed by atoms with van der Waals surface area (Å²) in [5.41, 5.74) is 2.97. The van der Waals surface area contributed by atoms with Crippen molar-refractivity contribution in [1.29, 1.82) is 0 Å². The summed E-state index contributed by atoms with van der Waals surface area (Å²) < 4.78 is 5.33. The monoisotopic (exact) mass is 481 g/mol. The molecule has 0 aliphatic carbocycles. The number of rotatable bonds is 7. The molecule has 6 nitrogen and oxygen atoms in total. The van der Waals surface area contributed by atoms with Crippen molar-refractivity contribution in [2.75, 3.05) is 38.6 Å². The van der Waals surface area contributed by atoms with Crippen molar-refractivity contribution in [3.05, 3.63) is 53.1 Å². The summed E-state index contributed by atoms with van der Waals surface area (Å²) in [6.07, 6.45) is 4.80. The SMILES string of the molecule is COc1ccccc1C(=O)Nc1cc(CN2CCCC2)c(O)c(CN2CCCC2)c1.Cl.Cl. The van der Waals surface area contributed by atoms with E-state index in [1.807, 2.05) is 24.3 Å². The van der Waals surface area contributed by atoms with Gasteiger partial charge in [-0.05, 0) is 76.1 Å². The molecule has 8 heteroatoms. The van der Waals surface area contributed by atoms with E-state index < -0.39 is 0 Å². The van der Waals surface area contributed by atoms with Gasteiger partial charge < -0.3 is 15.2 Å². The smallest absolute Gasteiger partial charge is 0.259 e. The second-order valence-electron chi connectivity index (χ2n) is 8.26. The van der Waals surface area contributed by atoms with Crippen LogP contribution in [0.15, 0.2) is 36.4 Å². The van der Waals surface area contributed by atoms with E-state index in [4.69, 9.17) is 4.74 Å². The summed E-state index contributed by atoms with van der Waals surface area (Å²) in [5.74, 6) is 0.699. The van der Waals surface area contributed by atoms with Crippen molar-refractivity contribution in [2.45, 2.75) is 38.8 Å². The Morgan fingerprint density at radius 2 is 1.44 bits per heavy atom. The molecule has 2 heterocycles. The van der Waals surface area contributed by atoms with Gasteiger partial charge in [-0.3, -0.25) is 14.6 Å². The van der Waals surface area contributed by atoms with Crippen molar-refractivity contribution >= 4 is 36.4 Å². The number of para-hydroxylation sites is 1. The predicted molar refractivity (Wildman–Crippen MR) is 133 cm³/mol. The Hall–Kier alpha value is -1.99. The third kappa shape index (κ3) is 6.29. The van der Waals surface area contributed by atoms with Crippen LogP contribution >= 0.6 is 24.8 Å². The van der Waals surface area contributed by atoms with Gasteiger partial charge >= 0.3 is 0 Å². The number of nitrogens with one attached hydrogen (secondary N) is 1. The van der Waals surface area contributed by atoms with Gasteiger partial charge in [0.05, 0.1) is 12.7 Å². The zero-order chi connectivity index (χ0) is 20.9. The van der Waals surface area contributed by atoms with Gasteiger partial charge in [-0.25, -0.2) is 0 Å². The van der Waals surface area contributed by atoms with Crippen molar-refractivity contribution in [2.24, 2.45) is 0 Å². The Morgan fingerprint density at radius 1 is 0.938 bits per heavy atom. The Morgan fingerprint density at radius 3 is 1.94 bits per heavy atom. The quantitative estimate of drug-likeness (QED) is 0.561. The molecule has 0 bridgehead atoms. The molecule has 32 heavy (non-hydrogen) atoms. The zero-order valence-corrected chi connectivity index (χ0v) is 20.1. The molecule has 2 aliphatic rings. The van der Waals surface area contributed by atoms with Gasteiger partial charge in [-0.15, -0.1) is 24.8 Å². The molecule has 0 aromatic heterocycles. The fourth-order valence-corrected chi connectivity index (χ4v) is 4.47. The zero-order valence-electron chi connectivity index (χ0n) is 18.5. The number of benzene rings is 2. The fourth-order valence-electron chi connectivity index (χ4n) is 4.47. The van der Waals surface area contributed by atoms with Crippen LogP contribution in [0, 0.1) is 0 Å². The van der Waals surface area contributed by atoms with E-state index in [2.05, 4.69) is 15.1 Å². The van der Waals surface area contributed by atoms with Crippen LogP contribution in [-0.2, 0) is 13.1 Å². The van der Waals surface area contributed by atoms with Crippen LogP contribution in [0.2, 0.25) is 0 Å². The minimum absolute atomic E-state index is 0. The topological polar surface area (TPSA) is 65.0 Å². The Labute approximate surface area is 202 Å².